The lowest BCUT2D eigenvalue weighted by atomic mass is 9.79. The number of amides is 2. The van der Waals surface area contributed by atoms with Crippen molar-refractivity contribution in [2.24, 2.45) is 0 Å². The number of unbranched alkanes of at least 4 members (excludes halogenated alkanes) is 3. The smallest absolute Gasteiger partial charge is 0.407 e. The van der Waals surface area contributed by atoms with Gasteiger partial charge in [-0.25, -0.2) is 4.79 Å². The molecule has 2 aromatic carbocycles. The first kappa shape index (κ1) is 36.0. The van der Waals surface area contributed by atoms with Gasteiger partial charge in [-0.2, -0.15) is 0 Å². The van der Waals surface area contributed by atoms with Crippen molar-refractivity contribution in [1.82, 2.24) is 10.6 Å². The van der Waals surface area contributed by atoms with Crippen LogP contribution in [0, 0.1) is 0 Å². The van der Waals surface area contributed by atoms with Crippen molar-refractivity contribution < 1.29 is 33.3 Å². The summed E-state index contributed by atoms with van der Waals surface area (Å²) >= 11 is 0. The minimum Gasteiger partial charge on any atom is -0.497 e. The third-order valence-corrected chi connectivity index (χ3v) is 8.04. The molecule has 0 unspecified atom stereocenters. The number of carbonyl (C=O) groups excluding carboxylic acids is 2. The molecule has 47 heavy (non-hydrogen) atoms. The molecule has 9 heteroatoms. The van der Waals surface area contributed by atoms with Crippen LogP contribution < -0.4 is 29.6 Å². The second-order valence-electron chi connectivity index (χ2n) is 14.7. The quantitative estimate of drug-likeness (QED) is 0.211. The number of carbonyl (C=O) groups is 2. The van der Waals surface area contributed by atoms with Crippen LogP contribution in [0.5, 0.6) is 23.0 Å². The van der Waals surface area contributed by atoms with Crippen LogP contribution in [0.4, 0.5) is 4.79 Å². The lowest BCUT2D eigenvalue weighted by Crippen LogP contribution is -2.35. The fourth-order valence-electron chi connectivity index (χ4n) is 5.98. The van der Waals surface area contributed by atoms with Crippen molar-refractivity contribution in [2.45, 2.75) is 117 Å². The Morgan fingerprint density at radius 3 is 1.85 bits per heavy atom. The van der Waals surface area contributed by atoms with Crippen molar-refractivity contribution in [2.75, 3.05) is 26.8 Å². The van der Waals surface area contributed by atoms with Crippen LogP contribution in [0.2, 0.25) is 0 Å². The molecule has 0 radical (unpaired) electrons. The molecular formula is C38H54N2O7. The molecule has 258 valence electrons. The maximum absolute atomic E-state index is 12.3. The lowest BCUT2D eigenvalue weighted by Gasteiger charge is -2.39. The lowest BCUT2D eigenvalue weighted by molar-refractivity contribution is -0.121. The van der Waals surface area contributed by atoms with E-state index in [1.165, 1.54) is 11.1 Å². The number of alkyl carbamates (subject to hydrolysis) is 1. The highest BCUT2D eigenvalue weighted by Gasteiger charge is 2.37. The normalized spacial score (nSPS) is 17.7. The standard InChI is InChI=1S/C38H54N2O7/c1-36(2,3)47-35(42)40-20-12-10-9-11-19-39-34(41)14-13-21-44-27-16-18-29-31(25-38(6,7)46-33(29)23-27)30-24-37(4,5)45-32-22-26(43-8)15-17-28(30)32/h15-18,22-23H,9-14,19-21,24-25H2,1-8H3,(H,39,41)(H,40,42)/b31-30+. The predicted molar refractivity (Wildman–Crippen MR) is 185 cm³/mol. The van der Waals surface area contributed by atoms with E-state index in [-0.39, 0.29) is 17.6 Å². The van der Waals surface area contributed by atoms with Crippen LogP contribution in [0.25, 0.3) is 11.1 Å². The molecule has 0 atom stereocenters. The van der Waals surface area contributed by atoms with E-state index < -0.39 is 11.2 Å². The molecule has 2 N–H and O–H groups in total. The Hall–Kier alpha value is -3.88. The highest BCUT2D eigenvalue weighted by molar-refractivity contribution is 5.96. The van der Waals surface area contributed by atoms with Gasteiger partial charge >= 0.3 is 6.09 Å². The summed E-state index contributed by atoms with van der Waals surface area (Å²) in [6.07, 6.45) is 5.96. The molecule has 0 aromatic heterocycles. The van der Waals surface area contributed by atoms with Crippen molar-refractivity contribution in [3.8, 4) is 23.0 Å². The van der Waals surface area contributed by atoms with Gasteiger partial charge in [0.15, 0.2) is 0 Å². The van der Waals surface area contributed by atoms with Gasteiger partial charge in [0.2, 0.25) is 5.91 Å². The van der Waals surface area contributed by atoms with Gasteiger partial charge in [0.05, 0.1) is 13.7 Å². The molecule has 9 nitrogen and oxygen atoms in total. The Bertz CT molecular complexity index is 1440. The number of hydrogen-bond donors (Lipinski definition) is 2. The molecule has 0 spiro atoms. The molecule has 2 aliphatic heterocycles. The molecule has 0 bridgehead atoms. The number of ether oxygens (including phenoxy) is 5. The molecule has 2 heterocycles. The van der Waals surface area contributed by atoms with E-state index in [0.29, 0.717) is 32.5 Å². The topological polar surface area (TPSA) is 104 Å². The molecule has 0 fully saturated rings. The largest absolute Gasteiger partial charge is 0.497 e. The average Bonchev–Trinajstić information content (AvgIpc) is 2.97. The second-order valence-corrected chi connectivity index (χ2v) is 14.7. The number of rotatable bonds is 13. The third-order valence-electron chi connectivity index (χ3n) is 8.04. The average molecular weight is 651 g/mol. The summed E-state index contributed by atoms with van der Waals surface area (Å²) in [5.74, 6) is 3.17. The van der Waals surface area contributed by atoms with Gasteiger partial charge in [-0.15, -0.1) is 0 Å². The van der Waals surface area contributed by atoms with Gasteiger partial charge in [-0.1, -0.05) is 12.8 Å². The molecular weight excluding hydrogens is 596 g/mol. The van der Waals surface area contributed by atoms with Crippen LogP contribution in [0.1, 0.15) is 111 Å². The summed E-state index contributed by atoms with van der Waals surface area (Å²) in [5.41, 5.74) is 3.46. The first-order valence-electron chi connectivity index (χ1n) is 16.9. The molecule has 0 aliphatic carbocycles. The van der Waals surface area contributed by atoms with Gasteiger partial charge in [0.1, 0.15) is 39.8 Å². The van der Waals surface area contributed by atoms with Gasteiger partial charge in [-0.3, -0.25) is 4.79 Å². The van der Waals surface area contributed by atoms with Crippen molar-refractivity contribution in [3.05, 3.63) is 47.5 Å². The molecule has 0 saturated heterocycles. The van der Waals surface area contributed by atoms with E-state index >= 15 is 0 Å². The molecule has 2 amide bonds. The summed E-state index contributed by atoms with van der Waals surface area (Å²) in [6.45, 7) is 15.7. The first-order chi connectivity index (χ1) is 22.1. The zero-order valence-corrected chi connectivity index (χ0v) is 29.6. The summed E-state index contributed by atoms with van der Waals surface area (Å²) in [7, 11) is 1.67. The number of fused-ring (bicyclic) bond motifs is 2. The van der Waals surface area contributed by atoms with Crippen LogP contribution in [-0.2, 0) is 9.53 Å². The second kappa shape index (κ2) is 15.3. The third kappa shape index (κ3) is 10.8. The van der Waals surface area contributed by atoms with Crippen molar-refractivity contribution in [1.29, 1.82) is 0 Å². The van der Waals surface area contributed by atoms with Crippen LogP contribution in [0.15, 0.2) is 36.4 Å². The van der Waals surface area contributed by atoms with Gasteiger partial charge in [0, 0.05) is 55.6 Å². The fourth-order valence-corrected chi connectivity index (χ4v) is 5.98. The number of hydrogen-bond acceptors (Lipinski definition) is 7. The summed E-state index contributed by atoms with van der Waals surface area (Å²) in [6, 6.07) is 12.1. The zero-order valence-electron chi connectivity index (χ0n) is 29.6. The highest BCUT2D eigenvalue weighted by Crippen LogP contribution is 2.50. The summed E-state index contributed by atoms with van der Waals surface area (Å²) in [4.78, 5) is 24.0. The van der Waals surface area contributed by atoms with Crippen molar-refractivity contribution >= 4 is 23.1 Å². The Balaban J connectivity index is 1.25. The zero-order chi connectivity index (χ0) is 34.2. The Morgan fingerprint density at radius 2 is 1.30 bits per heavy atom. The molecule has 2 aliphatic rings. The molecule has 2 aromatic rings. The Labute approximate surface area is 280 Å². The Kier molecular flexibility index (Phi) is 11.7. The van der Waals surface area contributed by atoms with Crippen LogP contribution in [-0.4, -0.2) is 55.6 Å². The van der Waals surface area contributed by atoms with E-state index in [0.717, 1.165) is 72.6 Å². The monoisotopic (exact) mass is 650 g/mol. The first-order valence-corrected chi connectivity index (χ1v) is 16.9. The Morgan fingerprint density at radius 1 is 0.766 bits per heavy atom. The summed E-state index contributed by atoms with van der Waals surface area (Å²) < 4.78 is 29.6. The van der Waals surface area contributed by atoms with E-state index in [4.69, 9.17) is 23.7 Å². The maximum atomic E-state index is 12.3. The number of nitrogens with one attached hydrogen (secondary N) is 2. The predicted octanol–water partition coefficient (Wildman–Crippen LogP) is 8.09. The van der Waals surface area contributed by atoms with E-state index in [1.807, 2.05) is 45.0 Å². The number of benzene rings is 2. The van der Waals surface area contributed by atoms with E-state index in [2.05, 4.69) is 50.5 Å². The summed E-state index contributed by atoms with van der Waals surface area (Å²) in [5, 5.41) is 5.77. The van der Waals surface area contributed by atoms with Crippen molar-refractivity contribution in [3.63, 3.8) is 0 Å². The number of methoxy groups -OCH3 is 1. The highest BCUT2D eigenvalue weighted by atomic mass is 16.6. The van der Waals surface area contributed by atoms with Gasteiger partial charge < -0.3 is 34.3 Å². The van der Waals surface area contributed by atoms with Crippen LogP contribution >= 0.6 is 0 Å². The fraction of sp³-hybridized carbons (Fsp3) is 0.579. The van der Waals surface area contributed by atoms with Crippen LogP contribution in [0.3, 0.4) is 0 Å². The minimum atomic E-state index is -0.488. The molecule has 0 saturated carbocycles. The van der Waals surface area contributed by atoms with Gasteiger partial charge in [-0.05, 0) is 103 Å². The maximum Gasteiger partial charge on any atom is 0.407 e. The van der Waals surface area contributed by atoms with E-state index in [1.54, 1.807) is 7.11 Å². The SMILES string of the molecule is COc1ccc2c(c1)OC(C)(C)C/C2=C1/CC(C)(C)Oc2cc(OCCCC(=O)NCCCCCCNC(=O)OC(C)(C)C)ccc21. The minimum absolute atomic E-state index is 0.0317. The molecule has 4 rings (SSSR count). The van der Waals surface area contributed by atoms with E-state index in [9.17, 15) is 9.59 Å². The van der Waals surface area contributed by atoms with Gasteiger partial charge in [0.25, 0.3) is 0 Å².